The van der Waals surface area contributed by atoms with Gasteiger partial charge >= 0.3 is 0 Å². The molecule has 1 amide bonds. The first-order chi connectivity index (χ1) is 7.13. The molecule has 1 aromatic carbocycles. The van der Waals surface area contributed by atoms with Crippen molar-refractivity contribution < 1.29 is 9.18 Å². The zero-order valence-electron chi connectivity index (χ0n) is 8.93. The third-order valence-corrected chi connectivity index (χ3v) is 2.07. The summed E-state index contributed by atoms with van der Waals surface area (Å²) < 4.78 is 13.3. The van der Waals surface area contributed by atoms with Crippen LogP contribution in [0.5, 0.6) is 0 Å². The summed E-state index contributed by atoms with van der Waals surface area (Å²) in [6.45, 7) is 2.26. The van der Waals surface area contributed by atoms with Crippen molar-refractivity contribution in [2.24, 2.45) is 0 Å². The number of aryl methyl sites for hydroxylation is 1. The number of nitrogens with one attached hydrogen (secondary N) is 2. The quantitative estimate of drug-likeness (QED) is 0.794. The molecule has 0 radical (unpaired) electrons. The van der Waals surface area contributed by atoms with Crippen LogP contribution in [-0.2, 0) is 4.79 Å². The van der Waals surface area contributed by atoms with Gasteiger partial charge in [-0.25, -0.2) is 4.39 Å². The first-order valence-electron chi connectivity index (χ1n) is 4.84. The fourth-order valence-corrected chi connectivity index (χ4v) is 1.20. The van der Waals surface area contributed by atoms with Crippen LogP contribution in [-0.4, -0.2) is 19.5 Å². The van der Waals surface area contributed by atoms with Crippen molar-refractivity contribution in [1.29, 1.82) is 0 Å². The number of amides is 1. The summed E-state index contributed by atoms with van der Waals surface area (Å²) >= 11 is 0. The van der Waals surface area contributed by atoms with Gasteiger partial charge in [0.1, 0.15) is 5.82 Å². The summed E-state index contributed by atoms with van der Waals surface area (Å²) in [4.78, 5) is 10.9. The maximum atomic E-state index is 13.3. The number of carbonyl (C=O) groups is 1. The minimum Gasteiger partial charge on any atom is -0.382 e. The zero-order chi connectivity index (χ0) is 11.3. The van der Waals surface area contributed by atoms with Gasteiger partial charge in [-0.3, -0.25) is 4.79 Å². The smallest absolute Gasteiger partial charge is 0.221 e. The van der Waals surface area contributed by atoms with Crippen LogP contribution in [0.25, 0.3) is 0 Å². The van der Waals surface area contributed by atoms with Crippen LogP contribution in [0.2, 0.25) is 0 Å². The van der Waals surface area contributed by atoms with E-state index in [9.17, 15) is 9.18 Å². The number of halogens is 1. The highest BCUT2D eigenvalue weighted by atomic mass is 19.1. The monoisotopic (exact) mass is 210 g/mol. The second-order valence-electron chi connectivity index (χ2n) is 3.33. The molecule has 0 fully saturated rings. The van der Waals surface area contributed by atoms with E-state index < -0.39 is 0 Å². The lowest BCUT2D eigenvalue weighted by atomic mass is 10.2. The molecule has 82 valence electrons. The normalized spacial score (nSPS) is 9.80. The van der Waals surface area contributed by atoms with Crippen molar-refractivity contribution in [2.75, 3.05) is 18.9 Å². The van der Waals surface area contributed by atoms with E-state index >= 15 is 0 Å². The Morgan fingerprint density at radius 1 is 1.47 bits per heavy atom. The molecular formula is C11H15FN2O. The van der Waals surface area contributed by atoms with Gasteiger partial charge < -0.3 is 10.6 Å². The van der Waals surface area contributed by atoms with E-state index in [1.165, 1.54) is 6.07 Å². The van der Waals surface area contributed by atoms with Gasteiger partial charge in [0.15, 0.2) is 0 Å². The molecule has 0 bridgehead atoms. The molecular weight excluding hydrogens is 195 g/mol. The van der Waals surface area contributed by atoms with Gasteiger partial charge in [0, 0.05) is 20.0 Å². The molecule has 1 rings (SSSR count). The molecule has 2 N–H and O–H groups in total. The Hall–Kier alpha value is -1.58. The zero-order valence-corrected chi connectivity index (χ0v) is 8.93. The first kappa shape index (κ1) is 11.5. The lowest BCUT2D eigenvalue weighted by Gasteiger charge is -2.07. The molecule has 0 heterocycles. The Bertz CT molecular complexity index is 352. The summed E-state index contributed by atoms with van der Waals surface area (Å²) in [5.74, 6) is -0.345. The molecule has 1 aromatic rings. The maximum absolute atomic E-state index is 13.3. The Morgan fingerprint density at radius 3 is 2.80 bits per heavy atom. The van der Waals surface area contributed by atoms with Gasteiger partial charge in [0.25, 0.3) is 0 Å². The number of benzene rings is 1. The fraction of sp³-hybridized carbons (Fsp3) is 0.364. The summed E-state index contributed by atoms with van der Waals surface area (Å²) in [5.41, 5.74) is 1.31. The van der Waals surface area contributed by atoms with Crippen molar-refractivity contribution in [1.82, 2.24) is 5.32 Å². The molecule has 0 saturated carbocycles. The largest absolute Gasteiger partial charge is 0.382 e. The van der Waals surface area contributed by atoms with Crippen LogP contribution >= 0.6 is 0 Å². The molecule has 0 aromatic heterocycles. The van der Waals surface area contributed by atoms with Crippen LogP contribution in [0, 0.1) is 12.7 Å². The van der Waals surface area contributed by atoms with Gasteiger partial charge in [0.2, 0.25) is 5.91 Å². The molecule has 4 heteroatoms. The van der Waals surface area contributed by atoms with E-state index in [1.54, 1.807) is 13.1 Å². The van der Waals surface area contributed by atoms with Crippen LogP contribution < -0.4 is 10.6 Å². The molecule has 0 saturated heterocycles. The van der Waals surface area contributed by atoms with Gasteiger partial charge in [0.05, 0.1) is 5.69 Å². The summed E-state index contributed by atoms with van der Waals surface area (Å²) in [6, 6.07) is 4.96. The predicted octanol–water partition coefficient (Wildman–Crippen LogP) is 1.68. The molecule has 3 nitrogen and oxygen atoms in total. The van der Waals surface area contributed by atoms with Crippen LogP contribution in [0.1, 0.15) is 12.0 Å². The summed E-state index contributed by atoms with van der Waals surface area (Å²) in [5, 5.41) is 5.37. The van der Waals surface area contributed by atoms with Gasteiger partial charge in [-0.15, -0.1) is 0 Å². The Kier molecular flexibility index (Phi) is 4.09. The highest BCUT2D eigenvalue weighted by Crippen LogP contribution is 2.14. The highest BCUT2D eigenvalue weighted by Gasteiger charge is 2.02. The second kappa shape index (κ2) is 5.34. The summed E-state index contributed by atoms with van der Waals surface area (Å²) in [6.07, 6.45) is 0.337. The highest BCUT2D eigenvalue weighted by molar-refractivity contribution is 5.76. The maximum Gasteiger partial charge on any atom is 0.221 e. The van der Waals surface area contributed by atoms with E-state index in [0.717, 1.165) is 5.56 Å². The molecule has 0 aliphatic heterocycles. The van der Waals surface area contributed by atoms with E-state index in [-0.39, 0.29) is 11.7 Å². The van der Waals surface area contributed by atoms with Crippen molar-refractivity contribution >= 4 is 11.6 Å². The molecule has 0 spiro atoms. The third kappa shape index (κ3) is 3.58. The molecule has 0 aliphatic carbocycles. The topological polar surface area (TPSA) is 41.1 Å². The number of hydrogen-bond donors (Lipinski definition) is 2. The lowest BCUT2D eigenvalue weighted by Crippen LogP contribution is -2.21. The molecule has 0 atom stereocenters. The van der Waals surface area contributed by atoms with Crippen molar-refractivity contribution in [3.8, 4) is 0 Å². The van der Waals surface area contributed by atoms with Crippen molar-refractivity contribution in [3.63, 3.8) is 0 Å². The number of hydrogen-bond acceptors (Lipinski definition) is 2. The standard InChI is InChI=1S/C11H15FN2O/c1-8-3-4-10(9(12)7-8)14-6-5-11(15)13-2/h3-4,7,14H,5-6H2,1-2H3,(H,13,15). The Balaban J connectivity index is 2.47. The number of anilines is 1. The minimum absolute atomic E-state index is 0.0602. The van der Waals surface area contributed by atoms with Gasteiger partial charge in [-0.2, -0.15) is 0 Å². The number of carbonyl (C=O) groups excluding carboxylic acids is 1. The van der Waals surface area contributed by atoms with Gasteiger partial charge in [-0.05, 0) is 24.6 Å². The van der Waals surface area contributed by atoms with E-state index in [0.29, 0.717) is 18.7 Å². The summed E-state index contributed by atoms with van der Waals surface area (Å²) in [7, 11) is 1.58. The van der Waals surface area contributed by atoms with E-state index in [4.69, 9.17) is 0 Å². The van der Waals surface area contributed by atoms with E-state index in [1.807, 2.05) is 13.0 Å². The minimum atomic E-state index is -0.285. The molecule has 15 heavy (non-hydrogen) atoms. The fourth-order valence-electron chi connectivity index (χ4n) is 1.20. The lowest BCUT2D eigenvalue weighted by molar-refractivity contribution is -0.120. The van der Waals surface area contributed by atoms with Crippen molar-refractivity contribution in [2.45, 2.75) is 13.3 Å². The number of rotatable bonds is 4. The van der Waals surface area contributed by atoms with Crippen LogP contribution in [0.15, 0.2) is 18.2 Å². The average molecular weight is 210 g/mol. The second-order valence-corrected chi connectivity index (χ2v) is 3.33. The SMILES string of the molecule is CNC(=O)CCNc1ccc(C)cc1F. The molecule has 0 unspecified atom stereocenters. The molecule has 0 aliphatic rings. The first-order valence-corrected chi connectivity index (χ1v) is 4.84. The Labute approximate surface area is 88.7 Å². The van der Waals surface area contributed by atoms with Crippen LogP contribution in [0.3, 0.4) is 0 Å². The Morgan fingerprint density at radius 2 is 2.20 bits per heavy atom. The predicted molar refractivity (Wildman–Crippen MR) is 58.3 cm³/mol. The third-order valence-electron chi connectivity index (χ3n) is 2.07. The van der Waals surface area contributed by atoms with E-state index in [2.05, 4.69) is 10.6 Å². The van der Waals surface area contributed by atoms with Crippen molar-refractivity contribution in [3.05, 3.63) is 29.6 Å². The average Bonchev–Trinajstić information content (AvgIpc) is 2.21. The van der Waals surface area contributed by atoms with Crippen LogP contribution in [0.4, 0.5) is 10.1 Å². The van der Waals surface area contributed by atoms with Gasteiger partial charge in [-0.1, -0.05) is 6.07 Å².